The monoisotopic (exact) mass is 207 g/mol. The molecule has 0 spiro atoms. The average Bonchev–Trinajstić information content (AvgIpc) is 2.17. The van der Waals surface area contributed by atoms with Crippen molar-refractivity contribution in [3.05, 3.63) is 47.8 Å². The Morgan fingerprint density at radius 3 is 2.40 bits per heavy atom. The van der Waals surface area contributed by atoms with Gasteiger partial charge in [0.1, 0.15) is 5.82 Å². The van der Waals surface area contributed by atoms with Gasteiger partial charge in [0.15, 0.2) is 0 Å². The van der Waals surface area contributed by atoms with Crippen molar-refractivity contribution in [2.45, 2.75) is 19.9 Å². The van der Waals surface area contributed by atoms with Crippen LogP contribution in [-0.2, 0) is 0 Å². The summed E-state index contributed by atoms with van der Waals surface area (Å²) in [5.74, 6) is -0.187. The van der Waals surface area contributed by atoms with E-state index in [9.17, 15) is 4.39 Å². The number of hydrogen-bond acceptors (Lipinski definition) is 1. The third-order valence-electron chi connectivity index (χ3n) is 2.53. The Kier molecular flexibility index (Phi) is 4.04. The van der Waals surface area contributed by atoms with Crippen molar-refractivity contribution >= 4 is 0 Å². The van der Waals surface area contributed by atoms with Crippen LogP contribution in [0.2, 0.25) is 0 Å². The van der Waals surface area contributed by atoms with E-state index in [1.165, 1.54) is 12.1 Å². The Morgan fingerprint density at radius 2 is 1.93 bits per heavy atom. The van der Waals surface area contributed by atoms with Crippen LogP contribution in [0.25, 0.3) is 0 Å². The van der Waals surface area contributed by atoms with E-state index >= 15 is 0 Å². The zero-order chi connectivity index (χ0) is 11.4. The van der Waals surface area contributed by atoms with Crippen molar-refractivity contribution in [2.24, 2.45) is 0 Å². The van der Waals surface area contributed by atoms with Crippen LogP contribution >= 0.6 is 0 Å². The summed E-state index contributed by atoms with van der Waals surface area (Å²) >= 11 is 0. The molecule has 1 atom stereocenters. The number of hydrogen-bond donors (Lipinski definition) is 0. The lowest BCUT2D eigenvalue weighted by Crippen LogP contribution is -2.23. The molecule has 0 heterocycles. The predicted molar refractivity (Wildman–Crippen MR) is 62.3 cm³/mol. The van der Waals surface area contributed by atoms with Gasteiger partial charge in [0.2, 0.25) is 0 Å². The number of nitrogens with zero attached hydrogens (tertiary/aromatic N) is 1. The second-order valence-corrected chi connectivity index (χ2v) is 4.10. The summed E-state index contributed by atoms with van der Waals surface area (Å²) in [5.41, 5.74) is 2.26. The smallest absolute Gasteiger partial charge is 0.123 e. The minimum atomic E-state index is -0.187. The Bertz CT molecular complexity index is 329. The first-order valence-electron chi connectivity index (χ1n) is 5.11. The Morgan fingerprint density at radius 1 is 1.40 bits per heavy atom. The van der Waals surface area contributed by atoms with Crippen molar-refractivity contribution in [2.75, 3.05) is 13.6 Å². The van der Waals surface area contributed by atoms with E-state index in [4.69, 9.17) is 0 Å². The van der Waals surface area contributed by atoms with Gasteiger partial charge in [-0.2, -0.15) is 0 Å². The van der Waals surface area contributed by atoms with Crippen molar-refractivity contribution in [1.82, 2.24) is 4.90 Å². The SMILES string of the molecule is C=C(C)CN(C)C(C)c1ccc(F)cc1. The van der Waals surface area contributed by atoms with E-state index in [2.05, 4.69) is 18.4 Å². The fraction of sp³-hybridized carbons (Fsp3) is 0.385. The fourth-order valence-corrected chi connectivity index (χ4v) is 1.56. The van der Waals surface area contributed by atoms with Crippen molar-refractivity contribution in [1.29, 1.82) is 0 Å². The molecule has 0 aliphatic carbocycles. The molecule has 0 radical (unpaired) electrons. The van der Waals surface area contributed by atoms with Gasteiger partial charge in [-0.3, -0.25) is 4.90 Å². The average molecular weight is 207 g/mol. The summed E-state index contributed by atoms with van der Waals surface area (Å²) in [6, 6.07) is 6.94. The van der Waals surface area contributed by atoms with E-state index in [-0.39, 0.29) is 11.9 Å². The van der Waals surface area contributed by atoms with Crippen LogP contribution < -0.4 is 0 Å². The van der Waals surface area contributed by atoms with Gasteiger partial charge in [-0.15, -0.1) is 0 Å². The Balaban J connectivity index is 2.71. The maximum Gasteiger partial charge on any atom is 0.123 e. The maximum atomic E-state index is 12.7. The quantitative estimate of drug-likeness (QED) is 0.684. The highest BCUT2D eigenvalue weighted by Crippen LogP contribution is 2.19. The summed E-state index contributed by atoms with van der Waals surface area (Å²) in [5, 5.41) is 0. The number of likely N-dealkylation sites (N-methyl/N-ethyl adjacent to an activating group) is 1. The van der Waals surface area contributed by atoms with E-state index in [1.54, 1.807) is 0 Å². The van der Waals surface area contributed by atoms with Gasteiger partial charge in [0.05, 0.1) is 0 Å². The lowest BCUT2D eigenvalue weighted by molar-refractivity contribution is 0.283. The largest absolute Gasteiger partial charge is 0.296 e. The topological polar surface area (TPSA) is 3.24 Å². The van der Waals surface area contributed by atoms with Crippen molar-refractivity contribution < 1.29 is 4.39 Å². The first-order valence-corrected chi connectivity index (χ1v) is 5.11. The van der Waals surface area contributed by atoms with Gasteiger partial charge in [-0.05, 0) is 38.6 Å². The standard InChI is InChI=1S/C13H18FN/c1-10(2)9-15(4)11(3)12-5-7-13(14)8-6-12/h5-8,11H,1,9H2,2-4H3. The van der Waals surface area contributed by atoms with Gasteiger partial charge >= 0.3 is 0 Å². The molecule has 82 valence electrons. The van der Waals surface area contributed by atoms with Gasteiger partial charge in [0.25, 0.3) is 0 Å². The molecule has 2 heteroatoms. The zero-order valence-electron chi connectivity index (χ0n) is 9.63. The highest BCUT2D eigenvalue weighted by molar-refractivity contribution is 5.19. The molecule has 0 amide bonds. The molecule has 0 aliphatic rings. The number of rotatable bonds is 4. The van der Waals surface area contributed by atoms with E-state index in [0.29, 0.717) is 0 Å². The van der Waals surface area contributed by atoms with Crippen LogP contribution in [0.5, 0.6) is 0 Å². The van der Waals surface area contributed by atoms with Crippen LogP contribution in [0.15, 0.2) is 36.4 Å². The molecule has 0 saturated carbocycles. The van der Waals surface area contributed by atoms with E-state index < -0.39 is 0 Å². The fourth-order valence-electron chi connectivity index (χ4n) is 1.56. The Labute approximate surface area is 91.2 Å². The zero-order valence-corrected chi connectivity index (χ0v) is 9.63. The van der Waals surface area contributed by atoms with Crippen LogP contribution in [0, 0.1) is 5.82 Å². The second-order valence-electron chi connectivity index (χ2n) is 4.10. The molecule has 0 aromatic heterocycles. The van der Waals surface area contributed by atoms with E-state index in [1.807, 2.05) is 26.1 Å². The summed E-state index contributed by atoms with van der Waals surface area (Å²) < 4.78 is 12.7. The lowest BCUT2D eigenvalue weighted by Gasteiger charge is -2.25. The highest BCUT2D eigenvalue weighted by atomic mass is 19.1. The highest BCUT2D eigenvalue weighted by Gasteiger charge is 2.10. The van der Waals surface area contributed by atoms with Gasteiger partial charge in [-0.25, -0.2) is 4.39 Å². The first-order chi connectivity index (χ1) is 7.00. The number of benzene rings is 1. The molecule has 0 saturated heterocycles. The molecule has 1 aromatic rings. The summed E-state index contributed by atoms with van der Waals surface area (Å²) in [6.07, 6.45) is 0. The summed E-state index contributed by atoms with van der Waals surface area (Å²) in [6.45, 7) is 8.86. The van der Waals surface area contributed by atoms with Crippen LogP contribution in [0.3, 0.4) is 0 Å². The van der Waals surface area contributed by atoms with Crippen LogP contribution in [-0.4, -0.2) is 18.5 Å². The minimum absolute atomic E-state index is 0.187. The molecule has 1 unspecified atom stereocenters. The molecule has 0 fully saturated rings. The van der Waals surface area contributed by atoms with E-state index in [0.717, 1.165) is 17.7 Å². The Hall–Kier alpha value is -1.15. The molecule has 1 aromatic carbocycles. The second kappa shape index (κ2) is 5.08. The molecule has 0 bridgehead atoms. The third kappa shape index (κ3) is 3.48. The maximum absolute atomic E-state index is 12.7. The predicted octanol–water partition coefficient (Wildman–Crippen LogP) is 3.39. The summed E-state index contributed by atoms with van der Waals surface area (Å²) in [7, 11) is 2.04. The number of halogens is 1. The molecule has 0 N–H and O–H groups in total. The van der Waals surface area contributed by atoms with Gasteiger partial charge in [-0.1, -0.05) is 24.3 Å². The molecule has 1 rings (SSSR count). The summed E-state index contributed by atoms with van der Waals surface area (Å²) in [4.78, 5) is 2.19. The lowest BCUT2D eigenvalue weighted by atomic mass is 10.1. The van der Waals surface area contributed by atoms with Crippen LogP contribution in [0.4, 0.5) is 4.39 Å². The molecular weight excluding hydrogens is 189 g/mol. The van der Waals surface area contributed by atoms with Gasteiger partial charge in [0, 0.05) is 12.6 Å². The van der Waals surface area contributed by atoms with Crippen molar-refractivity contribution in [3.8, 4) is 0 Å². The molecule has 0 aliphatic heterocycles. The third-order valence-corrected chi connectivity index (χ3v) is 2.53. The first kappa shape index (κ1) is 11.9. The normalized spacial score (nSPS) is 12.9. The van der Waals surface area contributed by atoms with Gasteiger partial charge < -0.3 is 0 Å². The molecule has 15 heavy (non-hydrogen) atoms. The minimum Gasteiger partial charge on any atom is -0.296 e. The van der Waals surface area contributed by atoms with Crippen LogP contribution in [0.1, 0.15) is 25.5 Å². The molecule has 1 nitrogen and oxygen atoms in total. The molecular formula is C13H18FN. The van der Waals surface area contributed by atoms with Crippen molar-refractivity contribution in [3.63, 3.8) is 0 Å².